The molecule has 2 nitrogen and oxygen atoms in total. The minimum atomic E-state index is -1.05. The van der Waals surface area contributed by atoms with E-state index in [1.165, 1.54) is 6.07 Å². The lowest BCUT2D eigenvalue weighted by molar-refractivity contribution is 0.0714. The molecule has 1 unspecified atom stereocenters. The number of aryl methyl sites for hydroxylation is 1. The first-order chi connectivity index (χ1) is 9.00. The molecule has 0 aromatic heterocycles. The number of para-hydroxylation sites is 1. The van der Waals surface area contributed by atoms with E-state index >= 15 is 0 Å². The second-order valence-electron chi connectivity index (χ2n) is 4.93. The molecule has 1 atom stereocenters. The summed E-state index contributed by atoms with van der Waals surface area (Å²) in [4.78, 5) is 0. The Morgan fingerprint density at radius 1 is 1.11 bits per heavy atom. The summed E-state index contributed by atoms with van der Waals surface area (Å²) in [6, 6.07) is 14.3. The first-order valence-corrected chi connectivity index (χ1v) is 6.27. The number of hydrogen-bond donors (Lipinski definition) is 2. The Morgan fingerprint density at radius 2 is 1.79 bits per heavy atom. The highest BCUT2D eigenvalue weighted by Gasteiger charge is 2.23. The van der Waals surface area contributed by atoms with Gasteiger partial charge in [-0.2, -0.15) is 0 Å². The Kier molecular flexibility index (Phi) is 3.86. The minimum Gasteiger partial charge on any atom is -0.384 e. The minimum absolute atomic E-state index is 0.249. The molecular formula is C16H18FNO. The fraction of sp³-hybridized carbons (Fsp3) is 0.250. The molecule has 0 saturated carbocycles. The number of halogens is 1. The number of aliphatic hydroxyl groups is 1. The Labute approximate surface area is 112 Å². The lowest BCUT2D eigenvalue weighted by Crippen LogP contribution is -2.31. The number of benzene rings is 2. The maximum atomic E-state index is 13.7. The average molecular weight is 259 g/mol. The zero-order chi connectivity index (χ0) is 13.9. The van der Waals surface area contributed by atoms with Gasteiger partial charge in [0.25, 0.3) is 0 Å². The Morgan fingerprint density at radius 3 is 2.42 bits per heavy atom. The van der Waals surface area contributed by atoms with Crippen molar-refractivity contribution in [2.24, 2.45) is 0 Å². The molecule has 0 spiro atoms. The van der Waals surface area contributed by atoms with E-state index in [0.717, 1.165) is 11.1 Å². The van der Waals surface area contributed by atoms with E-state index in [9.17, 15) is 9.50 Å². The van der Waals surface area contributed by atoms with Crippen molar-refractivity contribution in [3.63, 3.8) is 0 Å². The second-order valence-corrected chi connectivity index (χ2v) is 4.93. The van der Waals surface area contributed by atoms with Crippen molar-refractivity contribution in [2.75, 3.05) is 11.9 Å². The van der Waals surface area contributed by atoms with Gasteiger partial charge in [0.15, 0.2) is 0 Å². The first kappa shape index (κ1) is 13.6. The summed E-state index contributed by atoms with van der Waals surface area (Å²) < 4.78 is 13.7. The highest BCUT2D eigenvalue weighted by molar-refractivity contribution is 5.52. The molecular weight excluding hydrogens is 241 g/mol. The van der Waals surface area contributed by atoms with E-state index in [4.69, 9.17) is 0 Å². The zero-order valence-corrected chi connectivity index (χ0v) is 11.2. The lowest BCUT2D eigenvalue weighted by atomic mass is 9.96. The molecule has 0 bridgehead atoms. The van der Waals surface area contributed by atoms with Crippen LogP contribution in [0.1, 0.15) is 18.1 Å². The summed E-state index contributed by atoms with van der Waals surface area (Å²) in [5.74, 6) is -0.302. The van der Waals surface area contributed by atoms with Gasteiger partial charge in [-0.15, -0.1) is 0 Å². The third kappa shape index (κ3) is 3.12. The van der Waals surface area contributed by atoms with Crippen molar-refractivity contribution in [1.29, 1.82) is 0 Å². The summed E-state index contributed by atoms with van der Waals surface area (Å²) in [6.07, 6.45) is 0. The van der Waals surface area contributed by atoms with Gasteiger partial charge in [-0.25, -0.2) is 4.39 Å². The molecule has 0 saturated heterocycles. The molecule has 0 amide bonds. The fourth-order valence-corrected chi connectivity index (χ4v) is 2.02. The molecule has 19 heavy (non-hydrogen) atoms. The van der Waals surface area contributed by atoms with Crippen LogP contribution in [-0.2, 0) is 5.60 Å². The highest BCUT2D eigenvalue weighted by atomic mass is 19.1. The van der Waals surface area contributed by atoms with E-state index in [0.29, 0.717) is 5.69 Å². The molecule has 3 heteroatoms. The third-order valence-corrected chi connectivity index (χ3v) is 3.23. The van der Waals surface area contributed by atoms with E-state index in [1.807, 2.05) is 43.3 Å². The van der Waals surface area contributed by atoms with Gasteiger partial charge in [0, 0.05) is 6.54 Å². The smallest absolute Gasteiger partial charge is 0.146 e. The van der Waals surface area contributed by atoms with Gasteiger partial charge in [-0.3, -0.25) is 0 Å². The standard InChI is InChI=1S/C16H18FNO/c1-12-7-6-10-14(17)15(12)18-11-16(2,19)13-8-4-3-5-9-13/h3-10,18-19H,11H2,1-2H3. The summed E-state index contributed by atoms with van der Waals surface area (Å²) in [5.41, 5.74) is 1.02. The van der Waals surface area contributed by atoms with Crippen LogP contribution >= 0.6 is 0 Å². The summed E-state index contributed by atoms with van der Waals surface area (Å²) >= 11 is 0. The van der Waals surface area contributed by atoms with Gasteiger partial charge >= 0.3 is 0 Å². The van der Waals surface area contributed by atoms with Gasteiger partial charge in [-0.05, 0) is 31.0 Å². The van der Waals surface area contributed by atoms with Crippen LogP contribution in [-0.4, -0.2) is 11.7 Å². The van der Waals surface area contributed by atoms with Crippen molar-refractivity contribution in [3.8, 4) is 0 Å². The topological polar surface area (TPSA) is 32.3 Å². The van der Waals surface area contributed by atoms with Gasteiger partial charge in [0.2, 0.25) is 0 Å². The van der Waals surface area contributed by atoms with Gasteiger partial charge in [-0.1, -0.05) is 42.5 Å². The lowest BCUT2D eigenvalue weighted by Gasteiger charge is -2.25. The van der Waals surface area contributed by atoms with E-state index < -0.39 is 5.60 Å². The molecule has 0 aliphatic rings. The molecule has 0 aliphatic carbocycles. The summed E-state index contributed by atoms with van der Waals surface area (Å²) in [6.45, 7) is 3.80. The van der Waals surface area contributed by atoms with Gasteiger partial charge < -0.3 is 10.4 Å². The van der Waals surface area contributed by atoms with Crippen LogP contribution in [0.4, 0.5) is 10.1 Å². The van der Waals surface area contributed by atoms with Crippen LogP contribution in [0, 0.1) is 12.7 Å². The van der Waals surface area contributed by atoms with Crippen molar-refractivity contribution < 1.29 is 9.50 Å². The summed E-state index contributed by atoms with van der Waals surface area (Å²) in [7, 11) is 0. The predicted octanol–water partition coefficient (Wildman–Crippen LogP) is 3.45. The number of anilines is 1. The quantitative estimate of drug-likeness (QED) is 0.881. The van der Waals surface area contributed by atoms with Crippen LogP contribution in [0.5, 0.6) is 0 Å². The van der Waals surface area contributed by atoms with Crippen molar-refractivity contribution in [3.05, 3.63) is 65.5 Å². The van der Waals surface area contributed by atoms with E-state index in [2.05, 4.69) is 5.32 Å². The number of nitrogens with one attached hydrogen (secondary N) is 1. The van der Waals surface area contributed by atoms with Crippen LogP contribution in [0.25, 0.3) is 0 Å². The average Bonchev–Trinajstić information content (AvgIpc) is 2.39. The maximum absolute atomic E-state index is 13.7. The van der Waals surface area contributed by atoms with E-state index in [1.54, 1.807) is 13.0 Å². The molecule has 2 N–H and O–H groups in total. The zero-order valence-electron chi connectivity index (χ0n) is 11.2. The molecule has 2 aromatic rings. The van der Waals surface area contributed by atoms with Crippen molar-refractivity contribution in [2.45, 2.75) is 19.4 Å². The summed E-state index contributed by atoms with van der Waals surface area (Å²) in [5, 5.41) is 13.4. The molecule has 2 rings (SSSR count). The SMILES string of the molecule is Cc1cccc(F)c1NCC(C)(O)c1ccccc1. The molecule has 0 radical (unpaired) electrons. The predicted molar refractivity (Wildman–Crippen MR) is 75.6 cm³/mol. The van der Waals surface area contributed by atoms with Gasteiger partial charge in [0.1, 0.15) is 11.4 Å². The number of hydrogen-bond acceptors (Lipinski definition) is 2. The van der Waals surface area contributed by atoms with Crippen LogP contribution in [0.15, 0.2) is 48.5 Å². The Balaban J connectivity index is 2.14. The Bertz CT molecular complexity index is 532. The van der Waals surface area contributed by atoms with Crippen LogP contribution in [0.3, 0.4) is 0 Å². The maximum Gasteiger partial charge on any atom is 0.146 e. The highest BCUT2D eigenvalue weighted by Crippen LogP contribution is 2.24. The molecule has 0 heterocycles. The molecule has 2 aromatic carbocycles. The van der Waals surface area contributed by atoms with Crippen LogP contribution < -0.4 is 5.32 Å². The largest absolute Gasteiger partial charge is 0.384 e. The third-order valence-electron chi connectivity index (χ3n) is 3.23. The molecule has 0 fully saturated rings. The second kappa shape index (κ2) is 5.41. The molecule has 100 valence electrons. The van der Waals surface area contributed by atoms with Crippen LogP contribution in [0.2, 0.25) is 0 Å². The van der Waals surface area contributed by atoms with E-state index in [-0.39, 0.29) is 12.4 Å². The monoisotopic (exact) mass is 259 g/mol. The normalized spacial score (nSPS) is 13.9. The van der Waals surface area contributed by atoms with Crippen molar-refractivity contribution in [1.82, 2.24) is 0 Å². The fourth-order valence-electron chi connectivity index (χ4n) is 2.02. The first-order valence-electron chi connectivity index (χ1n) is 6.27. The Hall–Kier alpha value is -1.87. The number of rotatable bonds is 4. The molecule has 0 aliphatic heterocycles. The van der Waals surface area contributed by atoms with Crippen molar-refractivity contribution >= 4 is 5.69 Å². The van der Waals surface area contributed by atoms with Gasteiger partial charge in [0.05, 0.1) is 5.69 Å².